The van der Waals surface area contributed by atoms with Gasteiger partial charge < -0.3 is 5.32 Å². The zero-order valence-corrected chi connectivity index (χ0v) is 17.6. The first-order valence-corrected chi connectivity index (χ1v) is 11.0. The molecular weight excluding hydrogens is 390 g/mol. The third kappa shape index (κ3) is 4.57. The minimum atomic E-state index is -0.200. The molecule has 146 valence electrons. The van der Waals surface area contributed by atoms with E-state index >= 15 is 0 Å². The van der Waals surface area contributed by atoms with Crippen LogP contribution in [0.3, 0.4) is 0 Å². The Morgan fingerprint density at radius 1 is 1.25 bits per heavy atom. The average molecular weight is 414 g/mol. The molecule has 0 bridgehead atoms. The molecule has 3 aromatic rings. The molecule has 0 unspecified atom stereocenters. The van der Waals surface area contributed by atoms with Gasteiger partial charge in [0.15, 0.2) is 5.13 Å². The predicted molar refractivity (Wildman–Crippen MR) is 115 cm³/mol. The van der Waals surface area contributed by atoms with E-state index < -0.39 is 0 Å². The van der Waals surface area contributed by atoms with Gasteiger partial charge in [-0.05, 0) is 13.8 Å². The van der Waals surface area contributed by atoms with Crippen molar-refractivity contribution < 1.29 is 4.79 Å². The van der Waals surface area contributed by atoms with Crippen LogP contribution in [0.5, 0.6) is 0 Å². The molecule has 0 saturated carbocycles. The highest BCUT2D eigenvalue weighted by atomic mass is 32.1. The van der Waals surface area contributed by atoms with Crippen LogP contribution in [-0.4, -0.2) is 33.5 Å². The summed E-state index contributed by atoms with van der Waals surface area (Å²) in [6.07, 6.45) is 0.898. The van der Waals surface area contributed by atoms with Crippen molar-refractivity contribution in [1.82, 2.24) is 20.2 Å². The van der Waals surface area contributed by atoms with E-state index in [1.807, 2.05) is 32.0 Å². The molecule has 2 aromatic heterocycles. The molecule has 28 heavy (non-hydrogen) atoms. The predicted octanol–water partition coefficient (Wildman–Crippen LogP) is 4.35. The Morgan fingerprint density at radius 2 is 2.07 bits per heavy atom. The van der Waals surface area contributed by atoms with Crippen LogP contribution in [0, 0.1) is 0 Å². The van der Waals surface area contributed by atoms with Gasteiger partial charge in [-0.25, -0.2) is 14.8 Å². The van der Waals surface area contributed by atoms with Crippen molar-refractivity contribution in [3.05, 3.63) is 52.0 Å². The van der Waals surface area contributed by atoms with E-state index in [-0.39, 0.29) is 12.1 Å². The van der Waals surface area contributed by atoms with E-state index in [2.05, 4.69) is 38.0 Å². The number of carbonyl (C=O) groups is 1. The normalized spacial score (nSPS) is 14.1. The summed E-state index contributed by atoms with van der Waals surface area (Å²) >= 11 is 3.26. The number of urea groups is 1. The van der Waals surface area contributed by atoms with E-state index in [9.17, 15) is 4.79 Å². The van der Waals surface area contributed by atoms with Crippen molar-refractivity contribution in [2.45, 2.75) is 39.4 Å². The van der Waals surface area contributed by atoms with Gasteiger partial charge >= 0.3 is 6.03 Å². The Kier molecular flexibility index (Phi) is 5.70. The maximum Gasteiger partial charge on any atom is 0.321 e. The van der Waals surface area contributed by atoms with Crippen LogP contribution in [-0.2, 0) is 19.5 Å². The number of nitrogens with zero attached hydrogens (tertiary/aromatic N) is 3. The summed E-state index contributed by atoms with van der Waals surface area (Å²) in [5.74, 6) is 0. The topological polar surface area (TPSA) is 70.2 Å². The molecule has 0 fully saturated rings. The van der Waals surface area contributed by atoms with Gasteiger partial charge in [0.25, 0.3) is 0 Å². The van der Waals surface area contributed by atoms with E-state index in [1.165, 1.54) is 4.88 Å². The fourth-order valence-corrected chi connectivity index (χ4v) is 5.02. The summed E-state index contributed by atoms with van der Waals surface area (Å²) < 4.78 is 0. The van der Waals surface area contributed by atoms with Crippen LogP contribution in [0.2, 0.25) is 0 Å². The Bertz CT molecular complexity index is 951. The van der Waals surface area contributed by atoms with Gasteiger partial charge in [-0.15, -0.1) is 22.7 Å². The number of amides is 2. The maximum absolute atomic E-state index is 11.9. The first kappa shape index (κ1) is 19.0. The highest BCUT2D eigenvalue weighted by Crippen LogP contribution is 2.30. The van der Waals surface area contributed by atoms with Gasteiger partial charge in [0, 0.05) is 47.9 Å². The molecule has 3 heterocycles. The van der Waals surface area contributed by atoms with Gasteiger partial charge in [0.05, 0.1) is 11.4 Å². The number of aromatic nitrogens is 2. The summed E-state index contributed by atoms with van der Waals surface area (Å²) in [7, 11) is 0. The van der Waals surface area contributed by atoms with Crippen LogP contribution in [0.15, 0.2) is 35.7 Å². The second-order valence-electron chi connectivity index (χ2n) is 7.11. The molecular formula is C20H23N5OS2. The monoisotopic (exact) mass is 413 g/mol. The molecule has 8 heteroatoms. The molecule has 1 aliphatic rings. The minimum absolute atomic E-state index is 0.101. The van der Waals surface area contributed by atoms with Crippen LogP contribution >= 0.6 is 22.7 Å². The molecule has 0 aliphatic carbocycles. The molecule has 0 spiro atoms. The SMILES string of the molecule is CC(C)NC(=O)Nc1nc2c(s1)CN(Cc1csc(-c3ccccc3)n1)CC2. The zero-order chi connectivity index (χ0) is 19.5. The molecule has 1 aromatic carbocycles. The molecule has 0 atom stereocenters. The lowest BCUT2D eigenvalue weighted by atomic mass is 10.2. The molecule has 4 rings (SSSR count). The van der Waals surface area contributed by atoms with Crippen LogP contribution < -0.4 is 10.6 Å². The summed E-state index contributed by atoms with van der Waals surface area (Å²) in [6, 6.07) is 10.2. The standard InChI is InChI=1S/C20H23N5OS2/c1-13(2)21-19(26)24-20-23-16-8-9-25(11-17(16)28-20)10-15-12-27-18(22-15)14-6-4-3-5-7-14/h3-7,12-13H,8-11H2,1-2H3,(H2,21,23,24,26). The summed E-state index contributed by atoms with van der Waals surface area (Å²) in [4.78, 5) is 24.9. The second-order valence-corrected chi connectivity index (χ2v) is 9.05. The second kappa shape index (κ2) is 8.38. The Hall–Kier alpha value is -2.29. The number of carbonyl (C=O) groups excluding carboxylic acids is 1. The minimum Gasteiger partial charge on any atom is -0.336 e. The number of rotatable bonds is 5. The number of hydrogen-bond acceptors (Lipinski definition) is 6. The van der Waals surface area contributed by atoms with Crippen LogP contribution in [0.1, 0.15) is 30.1 Å². The quantitative estimate of drug-likeness (QED) is 0.652. The third-order valence-corrected chi connectivity index (χ3v) is 6.35. The van der Waals surface area contributed by atoms with E-state index in [1.54, 1.807) is 22.7 Å². The van der Waals surface area contributed by atoms with Gasteiger partial charge in [0.2, 0.25) is 0 Å². The highest BCUT2D eigenvalue weighted by molar-refractivity contribution is 7.15. The summed E-state index contributed by atoms with van der Waals surface area (Å²) in [5, 5.41) is 9.55. The molecule has 2 amide bonds. The lowest BCUT2D eigenvalue weighted by Crippen LogP contribution is -2.34. The van der Waals surface area contributed by atoms with Crippen LogP contribution in [0.4, 0.5) is 9.93 Å². The average Bonchev–Trinajstić information content (AvgIpc) is 3.28. The number of benzene rings is 1. The number of thiazole rings is 2. The lowest BCUT2D eigenvalue weighted by molar-refractivity contribution is 0.244. The van der Waals surface area contributed by atoms with Gasteiger partial charge in [0.1, 0.15) is 5.01 Å². The third-order valence-electron chi connectivity index (χ3n) is 4.41. The van der Waals surface area contributed by atoms with E-state index in [0.717, 1.165) is 48.0 Å². The van der Waals surface area contributed by atoms with Crippen LogP contribution in [0.25, 0.3) is 10.6 Å². The fraction of sp³-hybridized carbons (Fsp3) is 0.350. The van der Waals surface area contributed by atoms with Crippen molar-refractivity contribution in [2.75, 3.05) is 11.9 Å². The van der Waals surface area contributed by atoms with Gasteiger partial charge in [-0.2, -0.15) is 0 Å². The van der Waals surface area contributed by atoms with E-state index in [4.69, 9.17) is 4.98 Å². The molecule has 6 nitrogen and oxygen atoms in total. The molecule has 2 N–H and O–H groups in total. The Labute approximate surface area is 172 Å². The fourth-order valence-electron chi connectivity index (χ4n) is 3.15. The number of nitrogens with one attached hydrogen (secondary N) is 2. The zero-order valence-electron chi connectivity index (χ0n) is 15.9. The maximum atomic E-state index is 11.9. The molecule has 0 saturated heterocycles. The number of fused-ring (bicyclic) bond motifs is 1. The first-order valence-electron chi connectivity index (χ1n) is 9.35. The van der Waals surface area contributed by atoms with Crippen molar-refractivity contribution in [2.24, 2.45) is 0 Å². The number of anilines is 1. The Balaban J connectivity index is 1.38. The lowest BCUT2D eigenvalue weighted by Gasteiger charge is -2.24. The molecule has 0 radical (unpaired) electrons. The first-order chi connectivity index (χ1) is 13.6. The van der Waals surface area contributed by atoms with Crippen molar-refractivity contribution >= 4 is 33.8 Å². The van der Waals surface area contributed by atoms with E-state index in [0.29, 0.717) is 5.13 Å². The van der Waals surface area contributed by atoms with Crippen molar-refractivity contribution in [1.29, 1.82) is 0 Å². The van der Waals surface area contributed by atoms with Gasteiger partial charge in [-0.3, -0.25) is 10.2 Å². The van der Waals surface area contributed by atoms with Crippen molar-refractivity contribution in [3.63, 3.8) is 0 Å². The largest absolute Gasteiger partial charge is 0.336 e. The smallest absolute Gasteiger partial charge is 0.321 e. The molecule has 1 aliphatic heterocycles. The van der Waals surface area contributed by atoms with Gasteiger partial charge in [-0.1, -0.05) is 30.3 Å². The summed E-state index contributed by atoms with van der Waals surface area (Å²) in [5.41, 5.74) is 3.37. The Morgan fingerprint density at radius 3 is 2.86 bits per heavy atom. The van der Waals surface area contributed by atoms with Crippen molar-refractivity contribution in [3.8, 4) is 10.6 Å². The summed E-state index contributed by atoms with van der Waals surface area (Å²) in [6.45, 7) is 6.50. The highest BCUT2D eigenvalue weighted by Gasteiger charge is 2.22. The number of hydrogen-bond donors (Lipinski definition) is 2.